The zero-order valence-corrected chi connectivity index (χ0v) is 30.2. The first-order valence-corrected chi connectivity index (χ1v) is 19.3. The largest absolute Gasteiger partial charge is 0.455 e. The highest BCUT2D eigenvalue weighted by molar-refractivity contribution is 7.26. The van der Waals surface area contributed by atoms with Crippen LogP contribution in [0.3, 0.4) is 0 Å². The third-order valence-corrected chi connectivity index (χ3v) is 12.2. The predicted molar refractivity (Wildman–Crippen MR) is 230 cm³/mol. The van der Waals surface area contributed by atoms with Gasteiger partial charge in [0.25, 0.3) is 0 Å². The van der Waals surface area contributed by atoms with Crippen molar-refractivity contribution in [3.05, 3.63) is 176 Å². The van der Waals surface area contributed by atoms with Crippen molar-refractivity contribution in [2.45, 2.75) is 0 Å². The molecule has 0 radical (unpaired) electrons. The molecule has 0 aliphatic rings. The highest BCUT2D eigenvalue weighted by Gasteiger charge is 2.24. The standard InChI is InChI=1S/C50H29N3OS/c1-3-14-30(15-4-1)40-29-41(37-22-13-21-36-33-19-9-12-25-45(33)55-49(36)37)52-50(51-40)39-28-43-46(38-20-7-10-23-42(38)53(43)31-16-5-2-6-17-31)47-34(39)26-27-35-32-18-8-11-24-44(32)54-48(35)47/h1-29H. The van der Waals surface area contributed by atoms with Gasteiger partial charge in [0.15, 0.2) is 5.82 Å². The molecule has 0 amide bonds. The van der Waals surface area contributed by atoms with Crippen LogP contribution in [0.15, 0.2) is 180 Å². The Morgan fingerprint density at radius 3 is 2.02 bits per heavy atom. The van der Waals surface area contributed by atoms with Gasteiger partial charge in [-0.05, 0) is 53.9 Å². The summed E-state index contributed by atoms with van der Waals surface area (Å²) in [7, 11) is 0. The minimum absolute atomic E-state index is 0.668. The van der Waals surface area contributed by atoms with Crippen molar-refractivity contribution in [1.82, 2.24) is 14.5 Å². The summed E-state index contributed by atoms with van der Waals surface area (Å²) in [4.78, 5) is 10.9. The van der Waals surface area contributed by atoms with E-state index in [9.17, 15) is 0 Å². The number of nitrogens with zero attached hydrogens (tertiary/aromatic N) is 3. The van der Waals surface area contributed by atoms with Crippen molar-refractivity contribution < 1.29 is 4.42 Å². The lowest BCUT2D eigenvalue weighted by Crippen LogP contribution is -1.98. The SMILES string of the molecule is c1ccc(-c2cc(-c3cccc4c3sc3ccccc34)nc(-c3cc4c(c5ccccc5n4-c4ccccc4)c4c3ccc3c5ccccc5oc34)n2)cc1. The monoisotopic (exact) mass is 719 g/mol. The molecular weight excluding hydrogens is 691 g/mol. The van der Waals surface area contributed by atoms with E-state index in [1.54, 1.807) is 0 Å². The summed E-state index contributed by atoms with van der Waals surface area (Å²) >= 11 is 1.82. The molecule has 4 aromatic heterocycles. The van der Waals surface area contributed by atoms with Gasteiger partial charge in [0.05, 0.1) is 22.4 Å². The highest BCUT2D eigenvalue weighted by atomic mass is 32.1. The molecule has 0 unspecified atom stereocenters. The Kier molecular flexibility index (Phi) is 6.47. The van der Waals surface area contributed by atoms with Crippen LogP contribution in [-0.2, 0) is 0 Å². The number of hydrogen-bond donors (Lipinski definition) is 0. The van der Waals surface area contributed by atoms with E-state index in [0.717, 1.165) is 82.9 Å². The summed E-state index contributed by atoms with van der Waals surface area (Å²) < 4.78 is 11.7. The molecule has 4 nitrogen and oxygen atoms in total. The fraction of sp³-hybridized carbons (Fsp3) is 0. The number of thiophene rings is 1. The molecule has 0 bridgehead atoms. The van der Waals surface area contributed by atoms with Gasteiger partial charge in [0.1, 0.15) is 11.2 Å². The van der Waals surface area contributed by atoms with Crippen molar-refractivity contribution in [1.29, 1.82) is 0 Å². The molecule has 0 saturated carbocycles. The smallest absolute Gasteiger partial charge is 0.161 e. The van der Waals surface area contributed by atoms with Crippen LogP contribution in [0.25, 0.3) is 114 Å². The summed E-state index contributed by atoms with van der Waals surface area (Å²) in [5, 5.41) is 9.13. The molecule has 256 valence electrons. The van der Waals surface area contributed by atoms with Gasteiger partial charge in [-0.15, -0.1) is 11.3 Å². The third kappa shape index (κ3) is 4.51. The van der Waals surface area contributed by atoms with Crippen LogP contribution in [0.1, 0.15) is 0 Å². The Morgan fingerprint density at radius 1 is 0.455 bits per heavy atom. The molecule has 12 aromatic rings. The molecule has 12 rings (SSSR count). The van der Waals surface area contributed by atoms with Gasteiger partial charge in [-0.2, -0.15) is 0 Å². The van der Waals surface area contributed by atoms with Gasteiger partial charge in [-0.25, -0.2) is 9.97 Å². The zero-order chi connectivity index (χ0) is 36.0. The molecule has 0 spiro atoms. The number of hydrogen-bond acceptors (Lipinski definition) is 4. The van der Waals surface area contributed by atoms with Gasteiger partial charge in [-0.1, -0.05) is 127 Å². The van der Waals surface area contributed by atoms with Gasteiger partial charge in [0.2, 0.25) is 0 Å². The van der Waals surface area contributed by atoms with E-state index in [-0.39, 0.29) is 0 Å². The minimum Gasteiger partial charge on any atom is -0.455 e. The lowest BCUT2D eigenvalue weighted by Gasteiger charge is -2.14. The van der Waals surface area contributed by atoms with Gasteiger partial charge >= 0.3 is 0 Å². The maximum Gasteiger partial charge on any atom is 0.161 e. The van der Waals surface area contributed by atoms with Crippen molar-refractivity contribution in [2.75, 3.05) is 0 Å². The Balaban J connectivity index is 1.25. The second-order valence-corrected chi connectivity index (χ2v) is 15.1. The maximum absolute atomic E-state index is 6.84. The lowest BCUT2D eigenvalue weighted by molar-refractivity contribution is 0.673. The fourth-order valence-electron chi connectivity index (χ4n) is 8.59. The minimum atomic E-state index is 0.668. The number of benzene rings is 8. The molecule has 55 heavy (non-hydrogen) atoms. The van der Waals surface area contributed by atoms with Crippen molar-refractivity contribution in [2.24, 2.45) is 0 Å². The molecule has 4 heterocycles. The fourth-order valence-corrected chi connectivity index (χ4v) is 9.81. The van der Waals surface area contributed by atoms with Crippen LogP contribution >= 0.6 is 11.3 Å². The summed E-state index contributed by atoms with van der Waals surface area (Å²) in [5.74, 6) is 0.668. The summed E-state index contributed by atoms with van der Waals surface area (Å²) in [6.45, 7) is 0. The molecule has 0 aliphatic carbocycles. The molecule has 5 heteroatoms. The first kappa shape index (κ1) is 30.4. The van der Waals surface area contributed by atoms with Crippen molar-refractivity contribution in [3.8, 4) is 39.6 Å². The lowest BCUT2D eigenvalue weighted by atomic mass is 9.96. The van der Waals surface area contributed by atoms with Crippen LogP contribution in [-0.4, -0.2) is 14.5 Å². The van der Waals surface area contributed by atoms with Crippen LogP contribution < -0.4 is 0 Å². The molecule has 0 aliphatic heterocycles. The van der Waals surface area contributed by atoms with Crippen LogP contribution in [0.2, 0.25) is 0 Å². The molecule has 0 N–H and O–H groups in total. The Bertz CT molecular complexity index is 3490. The van der Waals surface area contributed by atoms with Crippen LogP contribution in [0.5, 0.6) is 0 Å². The van der Waals surface area contributed by atoms with E-state index >= 15 is 0 Å². The first-order chi connectivity index (χ1) is 27.3. The number of para-hydroxylation sites is 3. The topological polar surface area (TPSA) is 43.9 Å². The molecular formula is C50H29N3OS. The summed E-state index contributed by atoms with van der Waals surface area (Å²) in [5.41, 5.74) is 9.90. The number of aromatic nitrogens is 3. The van der Waals surface area contributed by atoms with Gasteiger partial charge in [-0.3, -0.25) is 0 Å². The average molecular weight is 720 g/mol. The molecule has 8 aromatic carbocycles. The second-order valence-electron chi connectivity index (χ2n) is 14.1. The van der Waals surface area contributed by atoms with E-state index in [2.05, 4.69) is 168 Å². The molecule has 0 saturated heterocycles. The highest BCUT2D eigenvalue weighted by Crippen LogP contribution is 2.46. The Morgan fingerprint density at radius 2 is 1.15 bits per heavy atom. The molecule has 0 atom stereocenters. The number of fused-ring (bicyclic) bond motifs is 12. The molecule has 0 fully saturated rings. The quantitative estimate of drug-likeness (QED) is 0.182. The van der Waals surface area contributed by atoms with Gasteiger partial charge < -0.3 is 8.98 Å². The normalized spacial score (nSPS) is 12.0. The van der Waals surface area contributed by atoms with Crippen molar-refractivity contribution >= 4 is 86.0 Å². The van der Waals surface area contributed by atoms with E-state index in [1.165, 1.54) is 25.6 Å². The number of furan rings is 1. The van der Waals surface area contributed by atoms with Gasteiger partial charge in [0, 0.05) is 69.5 Å². The third-order valence-electron chi connectivity index (χ3n) is 11.0. The summed E-state index contributed by atoms with van der Waals surface area (Å²) in [6.07, 6.45) is 0. The Hall–Kier alpha value is -7.08. The maximum atomic E-state index is 6.84. The van der Waals surface area contributed by atoms with E-state index < -0.39 is 0 Å². The van der Waals surface area contributed by atoms with E-state index in [0.29, 0.717) is 5.82 Å². The average Bonchev–Trinajstić information content (AvgIpc) is 3.93. The van der Waals surface area contributed by atoms with Crippen LogP contribution in [0.4, 0.5) is 0 Å². The zero-order valence-electron chi connectivity index (χ0n) is 29.4. The first-order valence-electron chi connectivity index (χ1n) is 18.5. The van der Waals surface area contributed by atoms with E-state index in [1.807, 2.05) is 23.5 Å². The predicted octanol–water partition coefficient (Wildman–Crippen LogP) is 14.0. The summed E-state index contributed by atoms with van der Waals surface area (Å²) in [6, 6.07) is 62.2. The van der Waals surface area contributed by atoms with Crippen molar-refractivity contribution in [3.63, 3.8) is 0 Å². The van der Waals surface area contributed by atoms with E-state index in [4.69, 9.17) is 14.4 Å². The number of rotatable bonds is 4. The Labute approximate surface area is 319 Å². The second kappa shape index (κ2) is 11.7. The van der Waals surface area contributed by atoms with Crippen LogP contribution in [0, 0.1) is 0 Å².